The Morgan fingerprint density at radius 1 is 1.05 bits per heavy atom. The van der Waals surface area contributed by atoms with Crippen molar-refractivity contribution in [3.8, 4) is 5.75 Å². The van der Waals surface area contributed by atoms with Crippen molar-refractivity contribution in [1.29, 1.82) is 0 Å². The maximum atomic E-state index is 13.2. The van der Waals surface area contributed by atoms with E-state index in [1.54, 1.807) is 30.3 Å². The molecule has 0 atom stereocenters. The van der Waals surface area contributed by atoms with Gasteiger partial charge in [0.2, 0.25) is 0 Å². The number of benzene rings is 3. The van der Waals surface area contributed by atoms with Gasteiger partial charge in [0.25, 0.3) is 23.4 Å². The summed E-state index contributed by atoms with van der Waals surface area (Å²) in [5.41, 5.74) is 2.11. The summed E-state index contributed by atoms with van der Waals surface area (Å²) in [5, 5.41) is 16.0. The molecular formula is C27H22N4O7. The quantitative estimate of drug-likeness (QED) is 0.210. The summed E-state index contributed by atoms with van der Waals surface area (Å²) < 4.78 is 5.67. The predicted molar refractivity (Wildman–Crippen MR) is 139 cm³/mol. The molecule has 38 heavy (non-hydrogen) atoms. The SMILES string of the molecule is Cc1ccc(NC(=O)COc2ccccc2/C=C2/C(=O)NC(=O)N(c3cccc([N+](=O)[O-])c3)C2=O)c(C)c1. The van der Waals surface area contributed by atoms with Gasteiger partial charge in [0.1, 0.15) is 11.3 Å². The molecule has 192 valence electrons. The summed E-state index contributed by atoms with van der Waals surface area (Å²) >= 11 is 0. The summed E-state index contributed by atoms with van der Waals surface area (Å²) in [7, 11) is 0. The minimum absolute atomic E-state index is 0.0762. The van der Waals surface area contributed by atoms with Crippen LogP contribution < -0.4 is 20.3 Å². The molecule has 1 fully saturated rings. The summed E-state index contributed by atoms with van der Waals surface area (Å²) in [6.45, 7) is 3.48. The van der Waals surface area contributed by atoms with Gasteiger partial charge in [0.15, 0.2) is 6.61 Å². The van der Waals surface area contributed by atoms with Crippen molar-refractivity contribution in [3.63, 3.8) is 0 Å². The monoisotopic (exact) mass is 514 g/mol. The fourth-order valence-corrected chi connectivity index (χ4v) is 3.81. The first kappa shape index (κ1) is 25.8. The lowest BCUT2D eigenvalue weighted by molar-refractivity contribution is -0.384. The Morgan fingerprint density at radius 3 is 2.55 bits per heavy atom. The molecular weight excluding hydrogens is 492 g/mol. The number of nitro groups is 1. The lowest BCUT2D eigenvalue weighted by Crippen LogP contribution is -2.54. The van der Waals surface area contributed by atoms with Crippen LogP contribution in [0.4, 0.5) is 21.9 Å². The number of anilines is 2. The smallest absolute Gasteiger partial charge is 0.335 e. The molecule has 3 aromatic rings. The number of non-ortho nitro benzene ring substituents is 1. The number of ether oxygens (including phenoxy) is 1. The van der Waals surface area contributed by atoms with Gasteiger partial charge in [-0.2, -0.15) is 0 Å². The van der Waals surface area contributed by atoms with Crippen molar-refractivity contribution in [2.45, 2.75) is 13.8 Å². The molecule has 1 aliphatic rings. The van der Waals surface area contributed by atoms with Crippen molar-refractivity contribution in [3.05, 3.63) is 99.1 Å². The van der Waals surface area contributed by atoms with Gasteiger partial charge in [-0.25, -0.2) is 9.69 Å². The summed E-state index contributed by atoms with van der Waals surface area (Å²) in [6.07, 6.45) is 1.23. The Kier molecular flexibility index (Phi) is 7.28. The molecule has 0 saturated carbocycles. The zero-order valence-electron chi connectivity index (χ0n) is 20.4. The van der Waals surface area contributed by atoms with Gasteiger partial charge in [-0.05, 0) is 43.7 Å². The Labute approximate surface area is 216 Å². The second-order valence-electron chi connectivity index (χ2n) is 8.43. The van der Waals surface area contributed by atoms with Gasteiger partial charge in [0.05, 0.1) is 10.6 Å². The van der Waals surface area contributed by atoms with Crippen LogP contribution in [-0.4, -0.2) is 35.3 Å². The summed E-state index contributed by atoms with van der Waals surface area (Å²) in [6, 6.07) is 15.9. The Morgan fingerprint density at radius 2 is 1.82 bits per heavy atom. The number of hydrogen-bond donors (Lipinski definition) is 2. The van der Waals surface area contributed by atoms with E-state index in [9.17, 15) is 29.3 Å². The average Bonchev–Trinajstić information content (AvgIpc) is 2.87. The Hall–Kier alpha value is -5.32. The number of nitrogens with one attached hydrogen (secondary N) is 2. The standard InChI is InChI=1S/C27H22N4O7/c1-16-10-11-22(17(2)12-16)28-24(32)15-38-23-9-4-3-6-18(23)13-21-25(33)29-27(35)30(26(21)34)19-7-5-8-20(14-19)31(36)37/h3-14H,15H2,1-2H3,(H,28,32)(H,29,33,35)/b21-13-. The molecule has 0 unspecified atom stereocenters. The number of carbonyl (C=O) groups excluding carboxylic acids is 4. The molecule has 11 nitrogen and oxygen atoms in total. The summed E-state index contributed by atoms with van der Waals surface area (Å²) in [5.74, 6) is -2.10. The third kappa shape index (κ3) is 5.57. The highest BCUT2D eigenvalue weighted by atomic mass is 16.6. The van der Waals surface area contributed by atoms with Crippen LogP contribution in [0.1, 0.15) is 16.7 Å². The number of carbonyl (C=O) groups is 4. The first-order valence-electron chi connectivity index (χ1n) is 11.4. The highest BCUT2D eigenvalue weighted by molar-refractivity contribution is 6.39. The minimum Gasteiger partial charge on any atom is -0.483 e. The molecule has 1 saturated heterocycles. The van der Waals surface area contributed by atoms with Gasteiger partial charge in [0, 0.05) is 23.4 Å². The second-order valence-corrected chi connectivity index (χ2v) is 8.43. The minimum atomic E-state index is -1.04. The molecule has 0 radical (unpaired) electrons. The molecule has 1 aliphatic heterocycles. The third-order valence-electron chi connectivity index (χ3n) is 5.63. The predicted octanol–water partition coefficient (Wildman–Crippen LogP) is 3.90. The van der Waals surface area contributed by atoms with Crippen molar-refractivity contribution < 1.29 is 28.8 Å². The maximum Gasteiger partial charge on any atom is 0.335 e. The highest BCUT2D eigenvalue weighted by Gasteiger charge is 2.37. The summed E-state index contributed by atoms with van der Waals surface area (Å²) in [4.78, 5) is 61.7. The number of aryl methyl sites for hydroxylation is 2. The van der Waals surface area contributed by atoms with Crippen LogP contribution in [0.2, 0.25) is 0 Å². The number of nitro benzene ring substituents is 1. The number of nitrogens with zero attached hydrogens (tertiary/aromatic N) is 2. The van der Waals surface area contributed by atoms with E-state index in [-0.39, 0.29) is 23.7 Å². The van der Waals surface area contributed by atoms with Crippen LogP contribution in [0.15, 0.2) is 72.3 Å². The van der Waals surface area contributed by atoms with E-state index in [1.807, 2.05) is 26.0 Å². The highest BCUT2D eigenvalue weighted by Crippen LogP contribution is 2.27. The van der Waals surface area contributed by atoms with Crippen LogP contribution in [0.25, 0.3) is 6.08 Å². The van der Waals surface area contributed by atoms with Crippen molar-refractivity contribution in [1.82, 2.24) is 5.32 Å². The number of imide groups is 2. The van der Waals surface area contributed by atoms with E-state index < -0.39 is 34.2 Å². The van der Waals surface area contributed by atoms with Crippen LogP contribution in [0.5, 0.6) is 5.75 Å². The van der Waals surface area contributed by atoms with E-state index >= 15 is 0 Å². The zero-order valence-corrected chi connectivity index (χ0v) is 20.4. The number of rotatable bonds is 7. The van der Waals surface area contributed by atoms with Crippen molar-refractivity contribution >= 4 is 46.9 Å². The molecule has 5 amide bonds. The third-order valence-corrected chi connectivity index (χ3v) is 5.63. The number of para-hydroxylation sites is 1. The largest absolute Gasteiger partial charge is 0.483 e. The van der Waals surface area contributed by atoms with Crippen LogP contribution in [0.3, 0.4) is 0 Å². The number of urea groups is 1. The number of hydrogen-bond acceptors (Lipinski definition) is 7. The zero-order chi connectivity index (χ0) is 27.4. The molecule has 0 bridgehead atoms. The maximum absolute atomic E-state index is 13.2. The fraction of sp³-hybridized carbons (Fsp3) is 0.111. The molecule has 0 spiro atoms. The van der Waals surface area contributed by atoms with Gasteiger partial charge in [-0.1, -0.05) is 42.0 Å². The van der Waals surface area contributed by atoms with Crippen molar-refractivity contribution in [2.75, 3.05) is 16.8 Å². The molecule has 11 heteroatoms. The van der Waals surface area contributed by atoms with Crippen LogP contribution >= 0.6 is 0 Å². The number of amides is 5. The van der Waals surface area contributed by atoms with Gasteiger partial charge in [-0.15, -0.1) is 0 Å². The van der Waals surface area contributed by atoms with E-state index in [4.69, 9.17) is 4.74 Å². The number of barbiturate groups is 1. The molecule has 4 rings (SSSR count). The van der Waals surface area contributed by atoms with Gasteiger partial charge >= 0.3 is 6.03 Å². The fourth-order valence-electron chi connectivity index (χ4n) is 3.81. The van der Waals surface area contributed by atoms with Gasteiger partial charge in [-0.3, -0.25) is 29.8 Å². The average molecular weight is 514 g/mol. The molecule has 0 aliphatic carbocycles. The van der Waals surface area contributed by atoms with Crippen molar-refractivity contribution in [2.24, 2.45) is 0 Å². The normalized spacial score (nSPS) is 14.3. The molecule has 0 aromatic heterocycles. The lowest BCUT2D eigenvalue weighted by Gasteiger charge is -2.26. The molecule has 1 heterocycles. The molecule has 2 N–H and O–H groups in total. The van der Waals surface area contributed by atoms with Crippen LogP contribution in [0, 0.1) is 24.0 Å². The first-order valence-corrected chi connectivity index (χ1v) is 11.4. The van der Waals surface area contributed by atoms with E-state index in [0.717, 1.165) is 17.2 Å². The van der Waals surface area contributed by atoms with Gasteiger partial charge < -0.3 is 10.1 Å². The Balaban J connectivity index is 1.56. The lowest BCUT2D eigenvalue weighted by atomic mass is 10.1. The van der Waals surface area contributed by atoms with E-state index in [2.05, 4.69) is 10.6 Å². The molecule has 3 aromatic carbocycles. The first-order chi connectivity index (χ1) is 18.1. The van der Waals surface area contributed by atoms with E-state index in [1.165, 1.54) is 24.3 Å². The van der Waals surface area contributed by atoms with Crippen LogP contribution in [-0.2, 0) is 14.4 Å². The second kappa shape index (κ2) is 10.7. The topological polar surface area (TPSA) is 148 Å². The van der Waals surface area contributed by atoms with E-state index in [0.29, 0.717) is 16.2 Å². The Bertz CT molecular complexity index is 1510.